The minimum absolute atomic E-state index is 0.121. The Morgan fingerprint density at radius 2 is 1.45 bits per heavy atom. The molecule has 1 aliphatic rings. The zero-order valence-corrected chi connectivity index (χ0v) is 26.8. The molecule has 0 radical (unpaired) electrons. The Balaban J connectivity index is 1.58. The molecule has 1 aliphatic heterocycles. The number of benzene rings is 3. The quantitative estimate of drug-likeness (QED) is 0.0628. The van der Waals surface area contributed by atoms with Gasteiger partial charge < -0.3 is 23.4 Å². The van der Waals surface area contributed by atoms with Crippen LogP contribution in [0.25, 0.3) is 0 Å². The fourth-order valence-corrected chi connectivity index (χ4v) is 11.2. The van der Waals surface area contributed by atoms with Crippen LogP contribution in [0.3, 0.4) is 0 Å². The molecule has 3 aromatic carbocycles. The van der Waals surface area contributed by atoms with Crippen LogP contribution in [0.4, 0.5) is 0 Å². The van der Waals surface area contributed by atoms with Gasteiger partial charge in [0.1, 0.15) is 12.9 Å². The third kappa shape index (κ3) is 7.03. The third-order valence-electron chi connectivity index (χ3n) is 7.31. The first-order chi connectivity index (χ1) is 19.3. The van der Waals surface area contributed by atoms with Crippen LogP contribution >= 0.6 is 22.6 Å². The molecule has 1 heterocycles. The van der Waals surface area contributed by atoms with Crippen LogP contribution < -0.4 is 10.4 Å². The van der Waals surface area contributed by atoms with Gasteiger partial charge in [-0.1, -0.05) is 134 Å². The topological polar surface area (TPSA) is 63.2 Å². The average Bonchev–Trinajstić information content (AvgIpc) is 3.28. The normalized spacial score (nSPS) is 20.3. The summed E-state index contributed by atoms with van der Waals surface area (Å²) in [6, 6.07) is 30.9. The highest BCUT2D eigenvalue weighted by molar-refractivity contribution is 14.1. The van der Waals surface area contributed by atoms with E-state index < -0.39 is 20.5 Å². The maximum atomic E-state index is 13.1. The van der Waals surface area contributed by atoms with E-state index in [-0.39, 0.29) is 34.2 Å². The molecule has 0 saturated carbocycles. The van der Waals surface area contributed by atoms with E-state index in [4.69, 9.17) is 23.4 Å². The summed E-state index contributed by atoms with van der Waals surface area (Å²) >= 11 is 2.36. The number of methoxy groups -OCH3 is 1. The molecule has 1 fully saturated rings. The highest BCUT2D eigenvalue weighted by Crippen LogP contribution is 2.38. The van der Waals surface area contributed by atoms with Crippen molar-refractivity contribution in [2.24, 2.45) is 5.92 Å². The highest BCUT2D eigenvalue weighted by atomic mass is 127. The van der Waals surface area contributed by atoms with Crippen molar-refractivity contribution in [3.05, 3.63) is 96.6 Å². The van der Waals surface area contributed by atoms with Crippen molar-refractivity contribution in [2.45, 2.75) is 48.5 Å². The predicted octanol–water partition coefficient (Wildman–Crippen LogP) is 5.11. The Kier molecular flexibility index (Phi) is 11.0. The largest absolute Gasteiger partial charge is 0.459 e. The van der Waals surface area contributed by atoms with Crippen molar-refractivity contribution >= 4 is 47.3 Å². The molecule has 0 amide bonds. The number of hydrogen-bond donors (Lipinski definition) is 0. The lowest BCUT2D eigenvalue weighted by atomic mass is 9.97. The fraction of sp³-hybridized carbons (Fsp3) is 0.406. The number of alkyl halides is 1. The first-order valence-corrected chi connectivity index (χ1v) is 16.7. The predicted molar refractivity (Wildman–Crippen MR) is 168 cm³/mol. The van der Waals surface area contributed by atoms with E-state index in [9.17, 15) is 4.79 Å². The van der Waals surface area contributed by atoms with Crippen LogP contribution in [0, 0.1) is 5.92 Å². The molecule has 40 heavy (non-hydrogen) atoms. The molecule has 6 nitrogen and oxygen atoms in total. The van der Waals surface area contributed by atoms with E-state index in [0.717, 1.165) is 5.56 Å². The smallest absolute Gasteiger partial charge is 0.336 e. The van der Waals surface area contributed by atoms with E-state index in [2.05, 4.69) is 91.9 Å². The zero-order chi connectivity index (χ0) is 28.6. The molecule has 4 atom stereocenters. The maximum Gasteiger partial charge on any atom is 0.336 e. The molecule has 0 aromatic heterocycles. The number of rotatable bonds is 13. The van der Waals surface area contributed by atoms with Gasteiger partial charge in [-0.15, -0.1) is 0 Å². The summed E-state index contributed by atoms with van der Waals surface area (Å²) < 4.78 is 30.0. The molecule has 1 saturated heterocycles. The molecule has 0 N–H and O–H groups in total. The minimum atomic E-state index is -2.74. The van der Waals surface area contributed by atoms with Crippen LogP contribution in [0.1, 0.15) is 26.3 Å². The van der Waals surface area contributed by atoms with Gasteiger partial charge in [0, 0.05) is 7.11 Å². The Bertz CT molecular complexity index is 1150. The Labute approximate surface area is 252 Å². The van der Waals surface area contributed by atoms with Crippen LogP contribution in [-0.2, 0) is 34.8 Å². The lowest BCUT2D eigenvalue weighted by Crippen LogP contribution is -2.67. The van der Waals surface area contributed by atoms with Gasteiger partial charge >= 0.3 is 5.97 Å². The Morgan fingerprint density at radius 3 is 1.98 bits per heavy atom. The van der Waals surface area contributed by atoms with E-state index >= 15 is 0 Å². The van der Waals surface area contributed by atoms with Gasteiger partial charge in [0.05, 0.1) is 29.7 Å². The van der Waals surface area contributed by atoms with Crippen molar-refractivity contribution < 1.29 is 28.2 Å². The van der Waals surface area contributed by atoms with Gasteiger partial charge in [-0.2, -0.15) is 0 Å². The lowest BCUT2D eigenvalue weighted by molar-refractivity contribution is -0.150. The van der Waals surface area contributed by atoms with Crippen LogP contribution in [0.15, 0.2) is 91.0 Å². The molecule has 8 heteroatoms. The summed E-state index contributed by atoms with van der Waals surface area (Å²) in [5, 5.41) is 2.27. The van der Waals surface area contributed by atoms with Crippen molar-refractivity contribution in [3.63, 3.8) is 0 Å². The summed E-state index contributed by atoms with van der Waals surface area (Å²) in [7, 11) is -1.16. The van der Waals surface area contributed by atoms with E-state index in [1.165, 1.54) is 10.4 Å². The number of carbonyl (C=O) groups excluding carboxylic acids is 1. The molecule has 0 spiro atoms. The highest BCUT2D eigenvalue weighted by Gasteiger charge is 2.52. The van der Waals surface area contributed by atoms with Gasteiger partial charge in [-0.3, -0.25) is 0 Å². The van der Waals surface area contributed by atoms with Crippen molar-refractivity contribution in [1.82, 2.24) is 0 Å². The summed E-state index contributed by atoms with van der Waals surface area (Å²) in [5.74, 6) is -0.657. The van der Waals surface area contributed by atoms with E-state index in [0.29, 0.717) is 13.2 Å². The van der Waals surface area contributed by atoms with E-state index in [1.54, 1.807) is 7.11 Å². The minimum Gasteiger partial charge on any atom is -0.459 e. The lowest BCUT2D eigenvalue weighted by Gasteiger charge is -2.43. The van der Waals surface area contributed by atoms with E-state index in [1.807, 2.05) is 42.5 Å². The molecule has 3 aromatic rings. The molecule has 4 rings (SSSR count). The van der Waals surface area contributed by atoms with Crippen molar-refractivity contribution in [3.8, 4) is 0 Å². The van der Waals surface area contributed by atoms with Gasteiger partial charge in [-0.25, -0.2) is 4.79 Å². The maximum absolute atomic E-state index is 13.1. The summed E-state index contributed by atoms with van der Waals surface area (Å²) in [6.07, 6.45) is -1.16. The number of cyclic esters (lactones) is 1. The van der Waals surface area contributed by atoms with Crippen LogP contribution in [-0.4, -0.2) is 57.5 Å². The first kappa shape index (κ1) is 30.9. The number of ether oxygens (including phenoxy) is 4. The van der Waals surface area contributed by atoms with Crippen molar-refractivity contribution in [2.75, 3.05) is 27.1 Å². The molecular formula is C32H39IO6Si. The first-order valence-electron chi connectivity index (χ1n) is 13.6. The Morgan fingerprint density at radius 1 is 0.900 bits per heavy atom. The third-order valence-corrected chi connectivity index (χ3v) is 13.4. The zero-order valence-electron chi connectivity index (χ0n) is 23.6. The van der Waals surface area contributed by atoms with Crippen molar-refractivity contribution in [1.29, 1.82) is 0 Å². The van der Waals surface area contributed by atoms with Gasteiger partial charge in [0.2, 0.25) is 0 Å². The second-order valence-corrected chi connectivity index (χ2v) is 17.0. The molecular weight excluding hydrogens is 635 g/mol. The number of carbonyl (C=O) groups is 1. The SMILES string of the molecule is COCOC[C@@H]1[C@H](OCc2ccccc2)C(=O)O[C@@H]1C(I)CO[Si](c1ccccc1)(c1ccccc1)C(C)(C)C. The standard InChI is InChI=1S/C32H39IO6Si/c1-32(2,3)40(25-16-10-6-11-17-25,26-18-12-7-13-19-26)38-22-28(33)29-27(21-36-23-35-4)30(31(34)39-29)37-20-24-14-8-5-9-15-24/h5-19,27-30H,20-23H2,1-4H3/t27-,28?,29-,30-/m0/s1. The number of hydrogen-bond acceptors (Lipinski definition) is 6. The molecule has 1 unspecified atom stereocenters. The van der Waals surface area contributed by atoms with Gasteiger partial charge in [0.25, 0.3) is 8.32 Å². The summed E-state index contributed by atoms with van der Waals surface area (Å²) in [6.45, 7) is 7.91. The Hall–Kier alpha value is -2.08. The average molecular weight is 675 g/mol. The van der Waals surface area contributed by atoms with Crippen LogP contribution in [0.5, 0.6) is 0 Å². The van der Waals surface area contributed by atoms with Gasteiger partial charge in [0.15, 0.2) is 6.10 Å². The van der Waals surface area contributed by atoms with Crippen LogP contribution in [0.2, 0.25) is 5.04 Å². The second kappa shape index (κ2) is 14.2. The molecule has 0 aliphatic carbocycles. The summed E-state index contributed by atoms with van der Waals surface area (Å²) in [5.41, 5.74) is 0.997. The second-order valence-electron chi connectivity index (χ2n) is 11.1. The molecule has 214 valence electrons. The summed E-state index contributed by atoms with van der Waals surface area (Å²) in [4.78, 5) is 13.1. The molecule has 0 bridgehead atoms. The monoisotopic (exact) mass is 674 g/mol. The fourth-order valence-electron chi connectivity index (χ4n) is 5.44. The number of esters is 1. The number of halogens is 1. The van der Waals surface area contributed by atoms with Gasteiger partial charge in [-0.05, 0) is 21.0 Å².